The molecule has 0 aliphatic carbocycles. The first-order valence-corrected chi connectivity index (χ1v) is 5.46. The van der Waals surface area contributed by atoms with E-state index in [-0.39, 0.29) is 18.4 Å². The van der Waals surface area contributed by atoms with Gasteiger partial charge >= 0.3 is 6.18 Å². The fraction of sp³-hybridized carbons (Fsp3) is 0.900. The maximum absolute atomic E-state index is 12.0. The highest BCUT2D eigenvalue weighted by molar-refractivity contribution is 5.76. The molecule has 0 aromatic rings. The molecular formula is C10H17F3N2O. The minimum atomic E-state index is -4.22. The average Bonchev–Trinajstić information content (AvgIpc) is 2.51. The van der Waals surface area contributed by atoms with Crippen LogP contribution in [0.4, 0.5) is 13.2 Å². The van der Waals surface area contributed by atoms with E-state index >= 15 is 0 Å². The first kappa shape index (κ1) is 13.3. The quantitative estimate of drug-likeness (QED) is 0.780. The Kier molecular flexibility index (Phi) is 4.58. The number of alkyl halides is 3. The third-order valence-corrected chi connectivity index (χ3v) is 2.54. The molecule has 94 valence electrons. The smallest absolute Gasteiger partial charge is 0.353 e. The zero-order chi connectivity index (χ0) is 12.2. The van der Waals surface area contributed by atoms with Crippen molar-refractivity contribution in [3.8, 4) is 0 Å². The summed E-state index contributed by atoms with van der Waals surface area (Å²) >= 11 is 0. The van der Waals surface area contributed by atoms with E-state index in [1.54, 1.807) is 0 Å². The largest absolute Gasteiger partial charge is 0.391 e. The van der Waals surface area contributed by atoms with E-state index in [9.17, 15) is 18.0 Å². The molecule has 0 aromatic carbocycles. The van der Waals surface area contributed by atoms with Crippen molar-refractivity contribution < 1.29 is 18.0 Å². The third kappa shape index (κ3) is 5.34. The number of amides is 1. The van der Waals surface area contributed by atoms with Crippen molar-refractivity contribution in [2.45, 2.75) is 50.9 Å². The predicted octanol–water partition coefficient (Wildman–Crippen LogP) is 1.59. The van der Waals surface area contributed by atoms with Crippen molar-refractivity contribution in [3.63, 3.8) is 0 Å². The molecule has 1 rings (SSSR count). The Hall–Kier alpha value is -0.780. The van der Waals surface area contributed by atoms with Crippen molar-refractivity contribution in [2.75, 3.05) is 6.54 Å². The lowest BCUT2D eigenvalue weighted by atomic mass is 10.1. The Labute approximate surface area is 92.8 Å². The van der Waals surface area contributed by atoms with Crippen molar-refractivity contribution in [3.05, 3.63) is 0 Å². The third-order valence-electron chi connectivity index (χ3n) is 2.54. The van der Waals surface area contributed by atoms with Crippen LogP contribution in [0.15, 0.2) is 0 Å². The van der Waals surface area contributed by atoms with Crippen molar-refractivity contribution in [1.29, 1.82) is 0 Å². The van der Waals surface area contributed by atoms with Crippen molar-refractivity contribution in [2.24, 2.45) is 0 Å². The van der Waals surface area contributed by atoms with Gasteiger partial charge in [0.25, 0.3) is 0 Å². The molecule has 0 aromatic heterocycles. The average molecular weight is 238 g/mol. The molecule has 3 nitrogen and oxygen atoms in total. The number of nitrogens with one attached hydrogen (secondary N) is 2. The van der Waals surface area contributed by atoms with Crippen LogP contribution in [0.3, 0.4) is 0 Å². The molecule has 1 aliphatic heterocycles. The molecule has 0 bridgehead atoms. The van der Waals surface area contributed by atoms with Crippen LogP contribution >= 0.6 is 0 Å². The van der Waals surface area contributed by atoms with E-state index in [0.29, 0.717) is 0 Å². The molecule has 1 amide bonds. The highest BCUT2D eigenvalue weighted by atomic mass is 19.4. The Morgan fingerprint density at radius 2 is 2.25 bits per heavy atom. The number of carbonyl (C=O) groups excluding carboxylic acids is 1. The number of carbonyl (C=O) groups is 1. The first-order chi connectivity index (χ1) is 7.37. The molecule has 2 N–H and O–H groups in total. The van der Waals surface area contributed by atoms with E-state index in [0.717, 1.165) is 19.4 Å². The zero-order valence-corrected chi connectivity index (χ0v) is 9.23. The molecule has 2 unspecified atom stereocenters. The van der Waals surface area contributed by atoms with Crippen LogP contribution in [-0.2, 0) is 4.79 Å². The van der Waals surface area contributed by atoms with Crippen LogP contribution < -0.4 is 10.6 Å². The molecule has 1 heterocycles. The number of halogens is 3. The summed E-state index contributed by atoms with van der Waals surface area (Å²) in [5.74, 6) is -0.309. The van der Waals surface area contributed by atoms with Gasteiger partial charge in [-0.25, -0.2) is 0 Å². The summed E-state index contributed by atoms with van der Waals surface area (Å²) < 4.78 is 36.0. The van der Waals surface area contributed by atoms with E-state index in [1.807, 2.05) is 0 Å². The van der Waals surface area contributed by atoms with Gasteiger partial charge in [-0.15, -0.1) is 0 Å². The lowest BCUT2D eigenvalue weighted by Gasteiger charge is -2.17. The van der Waals surface area contributed by atoms with Gasteiger partial charge in [0.05, 0.1) is 6.42 Å². The van der Waals surface area contributed by atoms with Crippen LogP contribution in [0.2, 0.25) is 0 Å². The Balaban J connectivity index is 2.22. The van der Waals surface area contributed by atoms with Gasteiger partial charge in [0.1, 0.15) is 0 Å². The molecular weight excluding hydrogens is 221 g/mol. The van der Waals surface area contributed by atoms with Gasteiger partial charge in [0.2, 0.25) is 5.91 Å². The predicted molar refractivity (Wildman–Crippen MR) is 53.9 cm³/mol. The second-order valence-electron chi connectivity index (χ2n) is 4.29. The number of hydrogen-bond donors (Lipinski definition) is 2. The second-order valence-corrected chi connectivity index (χ2v) is 4.29. The van der Waals surface area contributed by atoms with Gasteiger partial charge in [-0.2, -0.15) is 13.2 Å². The summed E-state index contributed by atoms with van der Waals surface area (Å²) in [4.78, 5) is 11.4. The Morgan fingerprint density at radius 1 is 1.56 bits per heavy atom. The standard InChI is InChI=1S/C10H17F3N2O/c1-7(6-10(11,12)13)15-9(16)5-8-3-2-4-14-8/h7-8,14H,2-6H2,1H3,(H,15,16). The molecule has 0 saturated carbocycles. The lowest BCUT2D eigenvalue weighted by Crippen LogP contribution is -2.38. The summed E-state index contributed by atoms with van der Waals surface area (Å²) in [7, 11) is 0. The van der Waals surface area contributed by atoms with E-state index in [2.05, 4.69) is 10.6 Å². The van der Waals surface area contributed by atoms with Crippen LogP contribution in [0, 0.1) is 0 Å². The molecule has 6 heteroatoms. The highest BCUT2D eigenvalue weighted by Gasteiger charge is 2.30. The van der Waals surface area contributed by atoms with Crippen molar-refractivity contribution >= 4 is 5.91 Å². The first-order valence-electron chi connectivity index (χ1n) is 5.46. The Bertz CT molecular complexity index is 237. The van der Waals surface area contributed by atoms with Gasteiger partial charge in [0.15, 0.2) is 0 Å². The van der Waals surface area contributed by atoms with Gasteiger partial charge in [-0.3, -0.25) is 4.79 Å². The van der Waals surface area contributed by atoms with E-state index in [1.165, 1.54) is 6.92 Å². The summed E-state index contributed by atoms with van der Waals surface area (Å²) in [5, 5.41) is 5.49. The monoisotopic (exact) mass is 238 g/mol. The van der Waals surface area contributed by atoms with Gasteiger partial charge < -0.3 is 10.6 Å². The SMILES string of the molecule is CC(CC(F)(F)F)NC(=O)CC1CCCN1. The second kappa shape index (κ2) is 5.52. The lowest BCUT2D eigenvalue weighted by molar-refractivity contribution is -0.141. The highest BCUT2D eigenvalue weighted by Crippen LogP contribution is 2.21. The minimum Gasteiger partial charge on any atom is -0.353 e. The Morgan fingerprint density at radius 3 is 2.75 bits per heavy atom. The minimum absolute atomic E-state index is 0.123. The summed E-state index contributed by atoms with van der Waals surface area (Å²) in [6.45, 7) is 2.25. The maximum Gasteiger partial charge on any atom is 0.391 e. The van der Waals surface area contributed by atoms with Crippen LogP contribution in [0.25, 0.3) is 0 Å². The maximum atomic E-state index is 12.0. The normalized spacial score (nSPS) is 23.1. The van der Waals surface area contributed by atoms with E-state index in [4.69, 9.17) is 0 Å². The summed E-state index contributed by atoms with van der Waals surface area (Å²) in [6, 6.07) is -0.730. The molecule has 1 fully saturated rings. The zero-order valence-electron chi connectivity index (χ0n) is 9.23. The summed E-state index contributed by atoms with van der Waals surface area (Å²) in [5.41, 5.74) is 0. The summed E-state index contributed by atoms with van der Waals surface area (Å²) in [6.07, 6.45) is -2.99. The molecule has 0 spiro atoms. The van der Waals surface area contributed by atoms with Crippen LogP contribution in [-0.4, -0.2) is 30.7 Å². The van der Waals surface area contributed by atoms with Gasteiger partial charge in [-0.05, 0) is 26.3 Å². The topological polar surface area (TPSA) is 41.1 Å². The molecule has 0 radical (unpaired) electrons. The van der Waals surface area contributed by atoms with Crippen LogP contribution in [0.5, 0.6) is 0 Å². The molecule has 1 saturated heterocycles. The van der Waals surface area contributed by atoms with E-state index < -0.39 is 18.6 Å². The molecule has 1 aliphatic rings. The molecule has 16 heavy (non-hydrogen) atoms. The number of hydrogen-bond acceptors (Lipinski definition) is 2. The fourth-order valence-electron chi connectivity index (χ4n) is 1.89. The molecule has 2 atom stereocenters. The van der Waals surface area contributed by atoms with Crippen molar-refractivity contribution in [1.82, 2.24) is 10.6 Å². The van der Waals surface area contributed by atoms with Crippen LogP contribution in [0.1, 0.15) is 32.6 Å². The number of rotatable bonds is 4. The fourth-order valence-corrected chi connectivity index (χ4v) is 1.89. The van der Waals surface area contributed by atoms with Gasteiger partial charge in [-0.1, -0.05) is 0 Å². The van der Waals surface area contributed by atoms with Gasteiger partial charge in [0, 0.05) is 18.5 Å².